The lowest BCUT2D eigenvalue weighted by atomic mass is 9.94. The second kappa shape index (κ2) is 7.84. The van der Waals surface area contributed by atoms with Crippen LogP contribution in [0.1, 0.15) is 19.8 Å². The van der Waals surface area contributed by atoms with Crippen molar-refractivity contribution in [3.63, 3.8) is 0 Å². The van der Waals surface area contributed by atoms with E-state index in [4.69, 9.17) is 0 Å². The molecule has 1 atom stereocenters. The number of hydrogen-bond acceptors (Lipinski definition) is 3. The number of piperazine rings is 1. The molecule has 2 rings (SSSR count). The summed E-state index contributed by atoms with van der Waals surface area (Å²) < 4.78 is 0. The maximum Gasteiger partial charge on any atom is 0.319 e. The van der Waals surface area contributed by atoms with Gasteiger partial charge in [0.15, 0.2) is 0 Å². The smallest absolute Gasteiger partial charge is 0.319 e. The fraction of sp³-hybridized carbons (Fsp3) is 0.857. The van der Waals surface area contributed by atoms with Crippen molar-refractivity contribution in [3.8, 4) is 0 Å². The summed E-state index contributed by atoms with van der Waals surface area (Å²) in [5.41, 5.74) is 0. The molecule has 0 aromatic heterocycles. The first-order valence-corrected chi connectivity index (χ1v) is 7.48. The van der Waals surface area contributed by atoms with E-state index in [-0.39, 0.29) is 36.3 Å². The van der Waals surface area contributed by atoms with Crippen molar-refractivity contribution in [1.82, 2.24) is 20.0 Å². The number of halogens is 1. The van der Waals surface area contributed by atoms with Crippen LogP contribution in [0, 0.1) is 5.92 Å². The van der Waals surface area contributed by atoms with Crippen LogP contribution < -0.4 is 5.32 Å². The predicted molar refractivity (Wildman–Crippen MR) is 84.7 cm³/mol. The molecule has 3 amide bonds. The summed E-state index contributed by atoms with van der Waals surface area (Å²) in [7, 11) is 3.53. The van der Waals surface area contributed by atoms with Crippen molar-refractivity contribution < 1.29 is 9.59 Å². The number of likely N-dealkylation sites (tertiary alicyclic amines) is 1. The molecule has 2 saturated heterocycles. The van der Waals surface area contributed by atoms with E-state index in [1.54, 1.807) is 19.0 Å². The molecule has 6 nitrogen and oxygen atoms in total. The molecule has 2 aliphatic rings. The van der Waals surface area contributed by atoms with Gasteiger partial charge in [-0.15, -0.1) is 12.4 Å². The SMILES string of the molecule is C[C@H]1CNCCN1C(=O)C1CCN(C(=O)N(C)C)CC1.Cl. The normalized spacial score (nSPS) is 23.5. The minimum atomic E-state index is 0. The second-order valence-electron chi connectivity index (χ2n) is 6.02. The molecule has 0 aromatic rings. The Morgan fingerprint density at radius 2 is 1.76 bits per heavy atom. The van der Waals surface area contributed by atoms with Crippen LogP contribution >= 0.6 is 12.4 Å². The van der Waals surface area contributed by atoms with Gasteiger partial charge in [-0.25, -0.2) is 4.79 Å². The van der Waals surface area contributed by atoms with E-state index in [0.717, 1.165) is 32.5 Å². The highest BCUT2D eigenvalue weighted by Crippen LogP contribution is 2.21. The number of rotatable bonds is 1. The van der Waals surface area contributed by atoms with Crippen molar-refractivity contribution >= 4 is 24.3 Å². The first-order chi connectivity index (χ1) is 9.50. The number of nitrogens with one attached hydrogen (secondary N) is 1. The first kappa shape index (κ1) is 18.0. The van der Waals surface area contributed by atoms with Crippen molar-refractivity contribution in [2.24, 2.45) is 5.92 Å². The van der Waals surface area contributed by atoms with Crippen LogP contribution in [0.2, 0.25) is 0 Å². The Bertz CT molecular complexity index is 370. The molecule has 0 bridgehead atoms. The molecule has 0 unspecified atom stereocenters. The summed E-state index contributed by atoms with van der Waals surface area (Å²) in [6.07, 6.45) is 1.57. The fourth-order valence-corrected chi connectivity index (χ4v) is 3.00. The summed E-state index contributed by atoms with van der Waals surface area (Å²) in [5.74, 6) is 0.359. The summed E-state index contributed by atoms with van der Waals surface area (Å²) in [4.78, 5) is 29.9. The molecule has 21 heavy (non-hydrogen) atoms. The lowest BCUT2D eigenvalue weighted by Gasteiger charge is -2.39. The molecule has 0 aliphatic carbocycles. The number of piperidine rings is 1. The average Bonchev–Trinajstić information content (AvgIpc) is 2.46. The van der Waals surface area contributed by atoms with E-state index in [9.17, 15) is 9.59 Å². The Balaban J connectivity index is 0.00000220. The van der Waals surface area contributed by atoms with E-state index in [1.807, 2.05) is 9.80 Å². The number of amides is 3. The molecule has 2 fully saturated rings. The molecule has 0 radical (unpaired) electrons. The van der Waals surface area contributed by atoms with Gasteiger partial charge in [-0.2, -0.15) is 0 Å². The third kappa shape index (κ3) is 4.23. The number of nitrogens with zero attached hydrogens (tertiary/aromatic N) is 3. The topological polar surface area (TPSA) is 55.9 Å². The van der Waals surface area contributed by atoms with Crippen molar-refractivity contribution in [3.05, 3.63) is 0 Å². The Labute approximate surface area is 133 Å². The zero-order valence-corrected chi connectivity index (χ0v) is 14.0. The number of carbonyl (C=O) groups is 2. The van der Waals surface area contributed by atoms with E-state index in [2.05, 4.69) is 12.2 Å². The Morgan fingerprint density at radius 3 is 2.29 bits per heavy atom. The second-order valence-corrected chi connectivity index (χ2v) is 6.02. The van der Waals surface area contributed by atoms with Crippen LogP contribution in [0.3, 0.4) is 0 Å². The van der Waals surface area contributed by atoms with Gasteiger partial charge in [0.25, 0.3) is 0 Å². The molecule has 2 heterocycles. The zero-order chi connectivity index (χ0) is 14.7. The Morgan fingerprint density at radius 1 is 1.14 bits per heavy atom. The van der Waals surface area contributed by atoms with Crippen LogP contribution in [0.5, 0.6) is 0 Å². The van der Waals surface area contributed by atoms with Crippen molar-refractivity contribution in [2.45, 2.75) is 25.8 Å². The van der Waals surface area contributed by atoms with Crippen LogP contribution in [-0.2, 0) is 4.79 Å². The number of hydrogen-bond donors (Lipinski definition) is 1. The molecule has 0 aromatic carbocycles. The van der Waals surface area contributed by atoms with Gasteiger partial charge in [0.2, 0.25) is 5.91 Å². The zero-order valence-electron chi connectivity index (χ0n) is 13.2. The van der Waals surface area contributed by atoms with Gasteiger partial charge >= 0.3 is 6.03 Å². The van der Waals surface area contributed by atoms with E-state index >= 15 is 0 Å². The highest BCUT2D eigenvalue weighted by molar-refractivity contribution is 5.85. The van der Waals surface area contributed by atoms with Gasteiger partial charge in [0, 0.05) is 58.8 Å². The van der Waals surface area contributed by atoms with Gasteiger partial charge in [-0.3, -0.25) is 4.79 Å². The van der Waals surface area contributed by atoms with Gasteiger partial charge in [-0.05, 0) is 19.8 Å². The van der Waals surface area contributed by atoms with Gasteiger partial charge < -0.3 is 20.0 Å². The van der Waals surface area contributed by atoms with Gasteiger partial charge in [-0.1, -0.05) is 0 Å². The van der Waals surface area contributed by atoms with Crippen LogP contribution in [0.25, 0.3) is 0 Å². The molecule has 1 N–H and O–H groups in total. The lowest BCUT2D eigenvalue weighted by Crippen LogP contribution is -2.55. The standard InChI is InChI=1S/C14H26N4O2.ClH/c1-11-10-15-6-9-18(11)13(19)12-4-7-17(8-5-12)14(20)16(2)3;/h11-12,15H,4-10H2,1-3H3;1H/t11-;/m0./s1. The van der Waals surface area contributed by atoms with Crippen LogP contribution in [0.15, 0.2) is 0 Å². The third-order valence-electron chi connectivity index (χ3n) is 4.28. The minimum absolute atomic E-state index is 0. The molecule has 0 saturated carbocycles. The van der Waals surface area contributed by atoms with Crippen LogP contribution in [-0.4, -0.2) is 79.5 Å². The van der Waals surface area contributed by atoms with Gasteiger partial charge in [0.05, 0.1) is 0 Å². The van der Waals surface area contributed by atoms with Crippen LogP contribution in [0.4, 0.5) is 4.79 Å². The largest absolute Gasteiger partial charge is 0.337 e. The summed E-state index contributed by atoms with van der Waals surface area (Å²) >= 11 is 0. The maximum atomic E-state index is 12.6. The molecule has 2 aliphatic heterocycles. The molecule has 7 heteroatoms. The molecule has 122 valence electrons. The average molecular weight is 319 g/mol. The Kier molecular flexibility index (Phi) is 6.74. The van der Waals surface area contributed by atoms with E-state index < -0.39 is 0 Å². The van der Waals surface area contributed by atoms with E-state index in [0.29, 0.717) is 13.1 Å². The summed E-state index contributed by atoms with van der Waals surface area (Å²) in [6.45, 7) is 6.03. The lowest BCUT2D eigenvalue weighted by molar-refractivity contribution is -0.139. The fourth-order valence-electron chi connectivity index (χ4n) is 3.00. The highest BCUT2D eigenvalue weighted by Gasteiger charge is 2.33. The summed E-state index contributed by atoms with van der Waals surface area (Å²) in [5, 5.41) is 3.30. The monoisotopic (exact) mass is 318 g/mol. The Hall–Kier alpha value is -1.01. The van der Waals surface area contributed by atoms with Crippen molar-refractivity contribution in [1.29, 1.82) is 0 Å². The minimum Gasteiger partial charge on any atom is -0.337 e. The van der Waals surface area contributed by atoms with E-state index in [1.165, 1.54) is 0 Å². The molecular weight excluding hydrogens is 292 g/mol. The predicted octanol–water partition coefficient (Wildman–Crippen LogP) is 0.622. The maximum absolute atomic E-state index is 12.6. The quantitative estimate of drug-likeness (QED) is 0.771. The number of urea groups is 1. The molecule has 0 spiro atoms. The first-order valence-electron chi connectivity index (χ1n) is 7.48. The highest BCUT2D eigenvalue weighted by atomic mass is 35.5. The number of carbonyl (C=O) groups excluding carboxylic acids is 2. The third-order valence-corrected chi connectivity index (χ3v) is 4.28. The summed E-state index contributed by atoms with van der Waals surface area (Å²) in [6, 6.07) is 0.323. The molecular formula is C14H27ClN4O2. The van der Waals surface area contributed by atoms with Gasteiger partial charge in [0.1, 0.15) is 0 Å². The van der Waals surface area contributed by atoms with Crippen molar-refractivity contribution in [2.75, 3.05) is 46.8 Å².